The lowest BCUT2D eigenvalue weighted by Crippen LogP contribution is -2.36. The summed E-state index contributed by atoms with van der Waals surface area (Å²) in [6, 6.07) is 5.95. The summed E-state index contributed by atoms with van der Waals surface area (Å²) >= 11 is 7.34. The first-order valence-electron chi connectivity index (χ1n) is 11.0. The van der Waals surface area contributed by atoms with Gasteiger partial charge < -0.3 is 10.2 Å². The fourth-order valence-electron chi connectivity index (χ4n) is 4.07. The fourth-order valence-corrected chi connectivity index (χ4v) is 5.97. The van der Waals surface area contributed by atoms with Crippen LogP contribution in [-0.2, 0) is 14.6 Å². The number of nitrogens with zero attached hydrogens (tertiary/aromatic N) is 3. The molecule has 0 spiro atoms. The van der Waals surface area contributed by atoms with Gasteiger partial charge in [0.05, 0.1) is 9.77 Å². The number of sulfone groups is 1. The average Bonchev–Trinajstić information content (AvgIpc) is 3.20. The van der Waals surface area contributed by atoms with Crippen LogP contribution in [-0.4, -0.2) is 54.4 Å². The van der Waals surface area contributed by atoms with Crippen LogP contribution < -0.4 is 5.32 Å². The first-order valence-corrected chi connectivity index (χ1v) is 14.1. The van der Waals surface area contributed by atoms with Gasteiger partial charge in [-0.25, -0.2) is 18.4 Å². The van der Waals surface area contributed by atoms with E-state index in [-0.39, 0.29) is 21.7 Å². The predicted octanol–water partition coefficient (Wildman–Crippen LogP) is 4.55. The van der Waals surface area contributed by atoms with Crippen molar-refractivity contribution in [1.29, 1.82) is 0 Å². The molecule has 0 radical (unpaired) electrons. The zero-order chi connectivity index (χ0) is 25.3. The summed E-state index contributed by atoms with van der Waals surface area (Å²) in [5.41, 5.74) is 2.11. The van der Waals surface area contributed by atoms with E-state index < -0.39 is 9.84 Å². The van der Waals surface area contributed by atoms with Crippen molar-refractivity contribution >= 4 is 50.3 Å². The number of nitrogens with one attached hydrogen (secondary N) is 1. The number of likely N-dealkylation sites (tertiary alicyclic amines) is 1. The van der Waals surface area contributed by atoms with Gasteiger partial charge in [0.15, 0.2) is 15.7 Å². The summed E-state index contributed by atoms with van der Waals surface area (Å²) in [6.07, 6.45) is 6.50. The minimum atomic E-state index is -3.47. The molecule has 2 aromatic heterocycles. The SMILES string of the molecule is CC(=O)N1CCC(c2cnc(-c3cc(C(=O)Nc4cc(Cl)cc(S(C)(=O)=O)c4)sc3C)nc2)CC1. The molecule has 1 saturated heterocycles. The fraction of sp³-hybridized carbons (Fsp3) is 0.333. The Labute approximate surface area is 213 Å². The van der Waals surface area contributed by atoms with E-state index in [9.17, 15) is 18.0 Å². The molecule has 0 unspecified atom stereocenters. The lowest BCUT2D eigenvalue weighted by molar-refractivity contribution is -0.129. The molecule has 1 N–H and O–H groups in total. The van der Waals surface area contributed by atoms with Gasteiger partial charge in [0.25, 0.3) is 5.91 Å². The van der Waals surface area contributed by atoms with Gasteiger partial charge in [-0.1, -0.05) is 11.6 Å². The van der Waals surface area contributed by atoms with E-state index >= 15 is 0 Å². The highest BCUT2D eigenvalue weighted by molar-refractivity contribution is 7.90. The van der Waals surface area contributed by atoms with Gasteiger partial charge in [-0.2, -0.15) is 0 Å². The van der Waals surface area contributed by atoms with Crippen LogP contribution in [0.4, 0.5) is 5.69 Å². The molecule has 2 amide bonds. The monoisotopic (exact) mass is 532 g/mol. The molecule has 3 heterocycles. The van der Waals surface area contributed by atoms with Crippen LogP contribution in [0.3, 0.4) is 0 Å². The van der Waals surface area contributed by atoms with E-state index in [1.165, 1.54) is 29.5 Å². The van der Waals surface area contributed by atoms with Crippen molar-refractivity contribution < 1.29 is 18.0 Å². The summed E-state index contributed by atoms with van der Waals surface area (Å²) in [5, 5.41) is 2.94. The molecule has 11 heteroatoms. The van der Waals surface area contributed by atoms with Crippen molar-refractivity contribution in [2.75, 3.05) is 24.7 Å². The molecule has 184 valence electrons. The molecule has 1 aliphatic heterocycles. The first-order chi connectivity index (χ1) is 16.5. The lowest BCUT2D eigenvalue weighted by atomic mass is 9.91. The van der Waals surface area contributed by atoms with Gasteiger partial charge in [0.1, 0.15) is 0 Å². The summed E-state index contributed by atoms with van der Waals surface area (Å²) < 4.78 is 23.7. The molecule has 35 heavy (non-hydrogen) atoms. The van der Waals surface area contributed by atoms with Gasteiger partial charge in [0.2, 0.25) is 5.91 Å². The average molecular weight is 533 g/mol. The molecular formula is C24H25ClN4O4S2. The van der Waals surface area contributed by atoms with Gasteiger partial charge in [-0.05, 0) is 55.5 Å². The van der Waals surface area contributed by atoms with Crippen molar-refractivity contribution in [2.24, 2.45) is 0 Å². The third kappa shape index (κ3) is 5.88. The van der Waals surface area contributed by atoms with Crippen molar-refractivity contribution in [2.45, 2.75) is 37.5 Å². The highest BCUT2D eigenvalue weighted by atomic mass is 35.5. The quantitative estimate of drug-likeness (QED) is 0.516. The smallest absolute Gasteiger partial charge is 0.265 e. The number of benzene rings is 1. The first kappa shape index (κ1) is 25.3. The molecule has 3 aromatic rings. The van der Waals surface area contributed by atoms with E-state index in [0.29, 0.717) is 22.3 Å². The normalized spacial score (nSPS) is 14.7. The minimum Gasteiger partial charge on any atom is -0.343 e. The van der Waals surface area contributed by atoms with E-state index in [1.54, 1.807) is 13.0 Å². The molecule has 4 rings (SSSR count). The molecule has 1 aliphatic rings. The summed E-state index contributed by atoms with van der Waals surface area (Å²) in [7, 11) is -3.47. The second kappa shape index (κ2) is 10.0. The number of carbonyl (C=O) groups is 2. The Morgan fingerprint density at radius 2 is 1.77 bits per heavy atom. The topological polar surface area (TPSA) is 109 Å². The highest BCUT2D eigenvalue weighted by Crippen LogP contribution is 2.32. The summed E-state index contributed by atoms with van der Waals surface area (Å²) in [6.45, 7) is 4.97. The Hall–Kier alpha value is -2.82. The maximum Gasteiger partial charge on any atom is 0.265 e. The number of rotatable bonds is 5. The Bertz CT molecular complexity index is 1380. The number of amides is 2. The van der Waals surface area contributed by atoms with E-state index in [4.69, 9.17) is 11.6 Å². The number of anilines is 1. The predicted molar refractivity (Wildman–Crippen MR) is 137 cm³/mol. The summed E-state index contributed by atoms with van der Waals surface area (Å²) in [5.74, 6) is 0.581. The minimum absolute atomic E-state index is 0.0313. The lowest BCUT2D eigenvalue weighted by Gasteiger charge is -2.31. The molecule has 0 saturated carbocycles. The molecule has 8 nitrogen and oxygen atoms in total. The van der Waals surface area contributed by atoms with Crippen LogP contribution in [0.15, 0.2) is 41.6 Å². The second-order valence-corrected chi connectivity index (χ2v) is 12.3. The van der Waals surface area contributed by atoms with Crippen LogP contribution in [0, 0.1) is 6.92 Å². The van der Waals surface area contributed by atoms with Crippen LogP contribution in [0.25, 0.3) is 11.4 Å². The number of piperidine rings is 1. The van der Waals surface area contributed by atoms with Gasteiger partial charge in [-0.15, -0.1) is 11.3 Å². The van der Waals surface area contributed by atoms with Gasteiger partial charge >= 0.3 is 0 Å². The Morgan fingerprint density at radius 3 is 2.37 bits per heavy atom. The van der Waals surface area contributed by atoms with Crippen LogP contribution >= 0.6 is 22.9 Å². The third-order valence-corrected chi connectivity index (χ3v) is 8.38. The standard InChI is InChI=1S/C24H25ClN4O4S2/c1-14-21(23-26-12-17(13-27-23)16-4-6-29(7-5-16)15(2)30)11-22(34-14)24(31)28-19-8-18(25)9-20(10-19)35(3,32)33/h8-13,16H,4-7H2,1-3H3,(H,28,31). The zero-order valence-electron chi connectivity index (χ0n) is 19.5. The number of hydrogen-bond donors (Lipinski definition) is 1. The van der Waals surface area contributed by atoms with Gasteiger partial charge in [-0.3, -0.25) is 9.59 Å². The number of carbonyl (C=O) groups excluding carboxylic acids is 2. The molecule has 0 atom stereocenters. The van der Waals surface area contributed by atoms with E-state index in [2.05, 4.69) is 15.3 Å². The molecule has 1 fully saturated rings. The second-order valence-electron chi connectivity index (χ2n) is 8.60. The van der Waals surface area contributed by atoms with Crippen molar-refractivity contribution in [3.05, 3.63) is 57.0 Å². The molecule has 1 aromatic carbocycles. The number of halogens is 1. The van der Waals surface area contributed by atoms with Crippen molar-refractivity contribution in [3.63, 3.8) is 0 Å². The highest BCUT2D eigenvalue weighted by Gasteiger charge is 2.23. The number of hydrogen-bond acceptors (Lipinski definition) is 7. The number of thiophene rings is 1. The maximum absolute atomic E-state index is 12.9. The Kier molecular flexibility index (Phi) is 7.25. The van der Waals surface area contributed by atoms with Crippen molar-refractivity contribution in [1.82, 2.24) is 14.9 Å². The Balaban J connectivity index is 1.48. The molecule has 0 bridgehead atoms. The number of aryl methyl sites for hydroxylation is 1. The molecular weight excluding hydrogens is 508 g/mol. The molecule has 0 aliphatic carbocycles. The Morgan fingerprint density at radius 1 is 1.11 bits per heavy atom. The van der Waals surface area contributed by atoms with Crippen LogP contribution in [0.5, 0.6) is 0 Å². The van der Waals surface area contributed by atoms with Gasteiger partial charge in [0, 0.05) is 59.8 Å². The summed E-state index contributed by atoms with van der Waals surface area (Å²) in [4.78, 5) is 36.7. The van der Waals surface area contributed by atoms with E-state index in [0.717, 1.165) is 48.2 Å². The van der Waals surface area contributed by atoms with E-state index in [1.807, 2.05) is 24.2 Å². The van der Waals surface area contributed by atoms with Crippen molar-refractivity contribution in [3.8, 4) is 11.4 Å². The van der Waals surface area contributed by atoms with Crippen LogP contribution in [0.2, 0.25) is 5.02 Å². The van der Waals surface area contributed by atoms with Crippen LogP contribution in [0.1, 0.15) is 45.8 Å². The number of aromatic nitrogens is 2. The maximum atomic E-state index is 12.9. The third-order valence-electron chi connectivity index (χ3n) is 6.02. The largest absolute Gasteiger partial charge is 0.343 e. The zero-order valence-corrected chi connectivity index (χ0v) is 21.9.